The van der Waals surface area contributed by atoms with Gasteiger partial charge in [0.05, 0.1) is 17.3 Å². The lowest BCUT2D eigenvalue weighted by molar-refractivity contribution is 0.535. The average molecular weight is 447 g/mol. The molecule has 0 unspecified atom stereocenters. The number of nitriles is 1. The van der Waals surface area contributed by atoms with E-state index in [0.717, 1.165) is 45.2 Å². The zero-order chi connectivity index (χ0) is 24.2. The maximum absolute atomic E-state index is 9.26. The molecule has 0 atom stereocenters. The second kappa shape index (κ2) is 13.4. The number of aryl methyl sites for hydroxylation is 1. The van der Waals surface area contributed by atoms with E-state index in [2.05, 4.69) is 57.0 Å². The van der Waals surface area contributed by atoms with Crippen molar-refractivity contribution >= 4 is 18.0 Å². The average Bonchev–Trinajstić information content (AvgIpc) is 3.39. The van der Waals surface area contributed by atoms with Crippen molar-refractivity contribution in [1.29, 1.82) is 5.26 Å². The lowest BCUT2D eigenvalue weighted by Gasteiger charge is -2.15. The van der Waals surface area contributed by atoms with Crippen LogP contribution in [0.25, 0.3) is 12.2 Å². The third kappa shape index (κ3) is 7.44. The molecule has 1 saturated heterocycles. The summed E-state index contributed by atoms with van der Waals surface area (Å²) in [5.41, 5.74) is 4.79. The molecule has 0 amide bonds. The molecular formula is C27H38N6. The molecule has 6 nitrogen and oxygen atoms in total. The molecule has 1 aliphatic heterocycles. The van der Waals surface area contributed by atoms with Crippen LogP contribution in [0.4, 0.5) is 5.82 Å². The van der Waals surface area contributed by atoms with Crippen LogP contribution in [0.5, 0.6) is 0 Å². The molecule has 1 aromatic carbocycles. The fourth-order valence-electron chi connectivity index (χ4n) is 3.72. The molecule has 176 valence electrons. The summed E-state index contributed by atoms with van der Waals surface area (Å²) in [6, 6.07) is 8.03. The topological polar surface area (TPSA) is 76.9 Å². The predicted octanol–water partition coefficient (Wildman–Crippen LogP) is 3.38. The summed E-state index contributed by atoms with van der Waals surface area (Å²) in [5, 5.41) is 26.8. The lowest BCUT2D eigenvalue weighted by Crippen LogP contribution is -2.34. The summed E-state index contributed by atoms with van der Waals surface area (Å²) in [6.45, 7) is 11.2. The molecule has 0 saturated carbocycles. The normalized spacial score (nSPS) is 14.5. The van der Waals surface area contributed by atoms with Crippen molar-refractivity contribution in [2.75, 3.05) is 32.5 Å². The fourth-order valence-corrected chi connectivity index (χ4v) is 3.72. The molecule has 2 heterocycles. The molecule has 3 rings (SSSR count). The summed E-state index contributed by atoms with van der Waals surface area (Å²) in [7, 11) is 4.08. The Morgan fingerprint density at radius 2 is 1.91 bits per heavy atom. The highest BCUT2D eigenvalue weighted by atomic mass is 15.2. The van der Waals surface area contributed by atoms with E-state index < -0.39 is 0 Å². The monoisotopic (exact) mass is 446 g/mol. The minimum Gasteiger partial charge on any atom is -0.378 e. The highest BCUT2D eigenvalue weighted by Crippen LogP contribution is 2.14. The van der Waals surface area contributed by atoms with E-state index in [4.69, 9.17) is 0 Å². The Morgan fingerprint density at radius 3 is 2.45 bits per heavy atom. The Labute approximate surface area is 198 Å². The van der Waals surface area contributed by atoms with E-state index in [9.17, 15) is 5.26 Å². The molecule has 6 heteroatoms. The van der Waals surface area contributed by atoms with Crippen LogP contribution in [0.15, 0.2) is 30.0 Å². The van der Waals surface area contributed by atoms with Crippen molar-refractivity contribution < 1.29 is 0 Å². The molecule has 2 N–H and O–H groups in total. The van der Waals surface area contributed by atoms with E-state index in [0.29, 0.717) is 12.1 Å². The molecular weight excluding hydrogens is 408 g/mol. The second-order valence-electron chi connectivity index (χ2n) is 8.34. The van der Waals surface area contributed by atoms with Crippen LogP contribution >= 0.6 is 0 Å². The molecule has 1 aromatic heterocycles. The number of aromatic nitrogens is 2. The molecule has 1 fully saturated rings. The first kappa shape index (κ1) is 26.1. The summed E-state index contributed by atoms with van der Waals surface area (Å²) in [4.78, 5) is 2.10. The number of benzene rings is 1. The fraction of sp³-hybridized carbons (Fsp3) is 0.444. The van der Waals surface area contributed by atoms with Crippen LogP contribution in [0, 0.1) is 25.2 Å². The molecule has 1 aliphatic rings. The SMILES string of the molecule is C/C=c1/c(C)nnc(NCc2cccc(C#N)c2C)/c1=C/C(=C/CC)N(C)C.C1CCNC1. The Bertz CT molecular complexity index is 1100. The van der Waals surface area contributed by atoms with Crippen LogP contribution in [-0.4, -0.2) is 42.3 Å². The van der Waals surface area contributed by atoms with E-state index in [-0.39, 0.29) is 0 Å². The third-order valence-electron chi connectivity index (χ3n) is 5.72. The Morgan fingerprint density at radius 1 is 1.18 bits per heavy atom. The van der Waals surface area contributed by atoms with Crippen molar-refractivity contribution in [3.63, 3.8) is 0 Å². The smallest absolute Gasteiger partial charge is 0.156 e. The minimum absolute atomic E-state index is 0.581. The highest BCUT2D eigenvalue weighted by Gasteiger charge is 2.07. The van der Waals surface area contributed by atoms with Crippen molar-refractivity contribution in [1.82, 2.24) is 20.4 Å². The van der Waals surface area contributed by atoms with Crippen molar-refractivity contribution in [2.45, 2.75) is 53.5 Å². The molecule has 33 heavy (non-hydrogen) atoms. The van der Waals surface area contributed by atoms with Gasteiger partial charge in [-0.2, -0.15) is 10.4 Å². The summed E-state index contributed by atoms with van der Waals surface area (Å²) < 4.78 is 0. The number of allylic oxidation sites excluding steroid dienone is 2. The lowest BCUT2D eigenvalue weighted by atomic mass is 10.0. The van der Waals surface area contributed by atoms with Gasteiger partial charge in [0.25, 0.3) is 0 Å². The molecule has 0 bridgehead atoms. The zero-order valence-electron chi connectivity index (χ0n) is 21.0. The van der Waals surface area contributed by atoms with Crippen LogP contribution in [-0.2, 0) is 6.54 Å². The van der Waals surface area contributed by atoms with Gasteiger partial charge in [-0.25, -0.2) is 0 Å². The standard InChI is InChI=1S/C23H29N5.C4H9N/c1-7-10-20(28(5)6)13-22-21(8-2)17(4)26-27-23(22)25-15-19-12-9-11-18(14-24)16(19)3;1-2-4-5-3-1/h8-13H,7,15H2,1-6H3,(H,25,27);5H,1-4H2/b20-10-,21-8-,22-13+;. The molecule has 0 radical (unpaired) electrons. The van der Waals surface area contributed by atoms with Crippen molar-refractivity contribution in [3.8, 4) is 6.07 Å². The van der Waals surface area contributed by atoms with Gasteiger partial charge in [-0.1, -0.05) is 31.2 Å². The van der Waals surface area contributed by atoms with Crippen LogP contribution in [0.1, 0.15) is 55.5 Å². The second-order valence-corrected chi connectivity index (χ2v) is 8.34. The third-order valence-corrected chi connectivity index (χ3v) is 5.72. The number of nitrogens with zero attached hydrogens (tertiary/aromatic N) is 4. The maximum Gasteiger partial charge on any atom is 0.156 e. The first-order valence-electron chi connectivity index (χ1n) is 11.7. The van der Waals surface area contributed by atoms with Gasteiger partial charge in [-0.15, -0.1) is 5.10 Å². The van der Waals surface area contributed by atoms with Crippen molar-refractivity contribution in [2.24, 2.45) is 0 Å². The first-order chi connectivity index (χ1) is 15.9. The highest BCUT2D eigenvalue weighted by molar-refractivity contribution is 5.54. The van der Waals surface area contributed by atoms with Gasteiger partial charge in [-0.3, -0.25) is 0 Å². The van der Waals surface area contributed by atoms with Gasteiger partial charge >= 0.3 is 0 Å². The van der Waals surface area contributed by atoms with E-state index >= 15 is 0 Å². The Kier molecular flexibility index (Phi) is 10.6. The largest absolute Gasteiger partial charge is 0.378 e. The predicted molar refractivity (Wildman–Crippen MR) is 138 cm³/mol. The number of anilines is 1. The summed E-state index contributed by atoms with van der Waals surface area (Å²) in [5.74, 6) is 0.740. The number of hydrogen-bond donors (Lipinski definition) is 2. The maximum atomic E-state index is 9.26. The molecule has 0 spiro atoms. The van der Waals surface area contributed by atoms with Crippen LogP contribution in [0.3, 0.4) is 0 Å². The van der Waals surface area contributed by atoms with E-state index in [1.165, 1.54) is 25.9 Å². The quantitative estimate of drug-likeness (QED) is 0.708. The van der Waals surface area contributed by atoms with Gasteiger partial charge in [0.2, 0.25) is 0 Å². The summed E-state index contributed by atoms with van der Waals surface area (Å²) in [6.07, 6.45) is 10.2. The molecule has 2 aromatic rings. The van der Waals surface area contributed by atoms with Crippen LogP contribution < -0.4 is 21.1 Å². The van der Waals surface area contributed by atoms with Gasteiger partial charge in [-0.05, 0) is 76.4 Å². The van der Waals surface area contributed by atoms with Gasteiger partial charge in [0.15, 0.2) is 5.82 Å². The van der Waals surface area contributed by atoms with Crippen LogP contribution in [0.2, 0.25) is 0 Å². The first-order valence-corrected chi connectivity index (χ1v) is 11.7. The zero-order valence-corrected chi connectivity index (χ0v) is 21.0. The van der Waals surface area contributed by atoms with E-state index in [1.807, 2.05) is 53.1 Å². The number of nitrogens with one attached hydrogen (secondary N) is 2. The van der Waals surface area contributed by atoms with E-state index in [1.54, 1.807) is 0 Å². The van der Waals surface area contributed by atoms with Gasteiger partial charge < -0.3 is 15.5 Å². The Balaban J connectivity index is 0.000000678. The van der Waals surface area contributed by atoms with Crippen molar-refractivity contribution in [3.05, 3.63) is 62.8 Å². The Hall–Kier alpha value is -3.17. The van der Waals surface area contributed by atoms with Gasteiger partial charge in [0.1, 0.15) is 0 Å². The number of hydrogen-bond acceptors (Lipinski definition) is 6. The molecule has 0 aliphatic carbocycles. The summed E-state index contributed by atoms with van der Waals surface area (Å²) >= 11 is 0. The van der Waals surface area contributed by atoms with Gasteiger partial charge in [0, 0.05) is 36.8 Å². The minimum atomic E-state index is 0.581. The number of rotatable bonds is 6.